The second kappa shape index (κ2) is 7.00. The molecular weight excluding hydrogens is 300 g/mol. The van der Waals surface area contributed by atoms with Crippen molar-refractivity contribution in [1.82, 2.24) is 0 Å². The van der Waals surface area contributed by atoms with Gasteiger partial charge in [-0.05, 0) is 80.0 Å². The van der Waals surface area contributed by atoms with E-state index < -0.39 is 5.97 Å². The summed E-state index contributed by atoms with van der Waals surface area (Å²) in [6, 6.07) is 11.2. The van der Waals surface area contributed by atoms with Gasteiger partial charge in [0.2, 0.25) is 0 Å². The largest absolute Gasteiger partial charge is 0.454 e. The van der Waals surface area contributed by atoms with Crippen LogP contribution in [0.15, 0.2) is 36.4 Å². The maximum Gasteiger partial charge on any atom is 0.338 e. The van der Waals surface area contributed by atoms with Crippen LogP contribution in [0.4, 0.5) is 0 Å². The van der Waals surface area contributed by atoms with Gasteiger partial charge in [0.05, 0.1) is 5.56 Å². The predicted molar refractivity (Wildman–Crippen MR) is 93.6 cm³/mol. The lowest BCUT2D eigenvalue weighted by atomic mass is 9.90. The van der Waals surface area contributed by atoms with Crippen molar-refractivity contribution in [3.8, 4) is 0 Å². The highest BCUT2D eigenvalue weighted by atomic mass is 16.5. The second-order valence-corrected chi connectivity index (χ2v) is 6.49. The maximum absolute atomic E-state index is 12.3. The quantitative estimate of drug-likeness (QED) is 0.625. The van der Waals surface area contributed by atoms with Crippen LogP contribution in [-0.4, -0.2) is 18.4 Å². The van der Waals surface area contributed by atoms with Crippen LogP contribution >= 0.6 is 0 Å². The zero-order valence-corrected chi connectivity index (χ0v) is 14.2. The molecule has 0 radical (unpaired) electrons. The van der Waals surface area contributed by atoms with E-state index in [4.69, 9.17) is 4.74 Å². The number of aryl methyl sites for hydroxylation is 4. The van der Waals surface area contributed by atoms with E-state index in [1.807, 2.05) is 38.1 Å². The van der Waals surface area contributed by atoms with Crippen molar-refractivity contribution >= 4 is 11.8 Å². The third kappa shape index (κ3) is 3.56. The molecule has 0 amide bonds. The summed E-state index contributed by atoms with van der Waals surface area (Å²) < 4.78 is 5.19. The number of Topliss-reactive ketones (excluding diaryl/α,β-unsaturated/α-hetero) is 1. The van der Waals surface area contributed by atoms with Crippen molar-refractivity contribution in [3.63, 3.8) is 0 Å². The van der Waals surface area contributed by atoms with E-state index in [1.54, 1.807) is 12.1 Å². The molecule has 0 unspecified atom stereocenters. The van der Waals surface area contributed by atoms with Crippen LogP contribution in [0.1, 0.15) is 55.8 Å². The molecule has 2 aromatic carbocycles. The van der Waals surface area contributed by atoms with Crippen LogP contribution in [-0.2, 0) is 17.6 Å². The standard InChI is InChI=1S/C21H22O3/c1-14-7-8-19(11-15(14)2)21(23)24-13-20(22)18-10-9-16-5-3-4-6-17(16)12-18/h7-12H,3-6,13H2,1-2H3. The molecule has 0 saturated carbocycles. The lowest BCUT2D eigenvalue weighted by molar-refractivity contribution is 0.0474. The Hall–Kier alpha value is -2.42. The fraction of sp³-hybridized carbons (Fsp3) is 0.333. The molecule has 0 fully saturated rings. The molecule has 2 aromatic rings. The van der Waals surface area contributed by atoms with Crippen LogP contribution in [0, 0.1) is 13.8 Å². The van der Waals surface area contributed by atoms with Crippen molar-refractivity contribution in [2.24, 2.45) is 0 Å². The Morgan fingerprint density at radius 3 is 2.33 bits per heavy atom. The van der Waals surface area contributed by atoms with E-state index in [0.29, 0.717) is 11.1 Å². The van der Waals surface area contributed by atoms with Crippen LogP contribution in [0.3, 0.4) is 0 Å². The minimum Gasteiger partial charge on any atom is -0.454 e. The predicted octanol–water partition coefficient (Wildman–Crippen LogP) is 4.22. The van der Waals surface area contributed by atoms with Crippen LogP contribution in [0.2, 0.25) is 0 Å². The number of hydrogen-bond donors (Lipinski definition) is 0. The first-order chi connectivity index (χ1) is 11.5. The monoisotopic (exact) mass is 322 g/mol. The molecule has 3 heteroatoms. The van der Waals surface area contributed by atoms with Crippen LogP contribution in [0.25, 0.3) is 0 Å². The third-order valence-electron chi connectivity index (χ3n) is 4.75. The first-order valence-electron chi connectivity index (χ1n) is 8.44. The fourth-order valence-electron chi connectivity index (χ4n) is 3.07. The van der Waals surface area contributed by atoms with Crippen molar-refractivity contribution in [3.05, 3.63) is 69.8 Å². The van der Waals surface area contributed by atoms with E-state index in [1.165, 1.54) is 24.0 Å². The number of hydrogen-bond acceptors (Lipinski definition) is 3. The maximum atomic E-state index is 12.3. The smallest absolute Gasteiger partial charge is 0.338 e. The number of benzene rings is 2. The van der Waals surface area contributed by atoms with Gasteiger partial charge < -0.3 is 4.74 Å². The molecule has 3 rings (SSSR count). The summed E-state index contributed by atoms with van der Waals surface area (Å²) in [5.41, 5.74) is 5.86. The average Bonchev–Trinajstić information content (AvgIpc) is 2.61. The van der Waals surface area contributed by atoms with E-state index in [0.717, 1.165) is 24.0 Å². The van der Waals surface area contributed by atoms with Gasteiger partial charge in [-0.3, -0.25) is 4.79 Å². The number of ether oxygens (including phenoxy) is 1. The molecule has 0 atom stereocenters. The second-order valence-electron chi connectivity index (χ2n) is 6.49. The minimum atomic E-state index is -0.454. The Morgan fingerprint density at radius 2 is 1.58 bits per heavy atom. The summed E-state index contributed by atoms with van der Waals surface area (Å²) in [7, 11) is 0. The Labute approximate surface area is 142 Å². The van der Waals surface area contributed by atoms with Gasteiger partial charge in [0.15, 0.2) is 12.4 Å². The molecule has 0 heterocycles. The first-order valence-corrected chi connectivity index (χ1v) is 8.44. The third-order valence-corrected chi connectivity index (χ3v) is 4.75. The van der Waals surface area contributed by atoms with Crippen molar-refractivity contribution < 1.29 is 14.3 Å². The first kappa shape index (κ1) is 16.4. The summed E-state index contributed by atoms with van der Waals surface area (Å²) in [5.74, 6) is -0.607. The zero-order valence-electron chi connectivity index (χ0n) is 14.2. The molecule has 1 aliphatic carbocycles. The lowest BCUT2D eigenvalue weighted by Crippen LogP contribution is -2.15. The van der Waals surface area contributed by atoms with Crippen molar-refractivity contribution in [2.45, 2.75) is 39.5 Å². The normalized spacial score (nSPS) is 13.2. The lowest BCUT2D eigenvalue weighted by Gasteiger charge is -2.16. The minimum absolute atomic E-state index is 0.152. The van der Waals surface area contributed by atoms with Gasteiger partial charge in [0, 0.05) is 5.56 Å². The number of ketones is 1. The highest BCUT2D eigenvalue weighted by Crippen LogP contribution is 2.22. The fourth-order valence-corrected chi connectivity index (χ4v) is 3.07. The van der Waals surface area contributed by atoms with Gasteiger partial charge >= 0.3 is 5.97 Å². The van der Waals surface area contributed by atoms with E-state index in [9.17, 15) is 9.59 Å². The van der Waals surface area contributed by atoms with Crippen LogP contribution in [0.5, 0.6) is 0 Å². The van der Waals surface area contributed by atoms with Gasteiger partial charge in [-0.15, -0.1) is 0 Å². The number of esters is 1. The van der Waals surface area contributed by atoms with Crippen molar-refractivity contribution in [2.75, 3.05) is 6.61 Å². The zero-order chi connectivity index (χ0) is 17.1. The SMILES string of the molecule is Cc1ccc(C(=O)OCC(=O)c2ccc3c(c2)CCCC3)cc1C. The number of rotatable bonds is 4. The van der Waals surface area contributed by atoms with Gasteiger partial charge in [0.25, 0.3) is 0 Å². The molecule has 0 N–H and O–H groups in total. The highest BCUT2D eigenvalue weighted by Gasteiger charge is 2.15. The number of carbonyl (C=O) groups is 2. The summed E-state index contributed by atoms with van der Waals surface area (Å²) in [6.45, 7) is 3.72. The molecule has 0 bridgehead atoms. The van der Waals surface area contributed by atoms with Gasteiger partial charge in [-0.25, -0.2) is 4.79 Å². The Balaban J connectivity index is 1.64. The topological polar surface area (TPSA) is 43.4 Å². The Bertz CT molecular complexity index is 790. The molecule has 1 aliphatic rings. The molecular formula is C21H22O3. The van der Waals surface area contributed by atoms with Gasteiger partial charge in [0.1, 0.15) is 0 Å². The summed E-state index contributed by atoms with van der Waals surface area (Å²) >= 11 is 0. The Morgan fingerprint density at radius 1 is 0.875 bits per heavy atom. The molecule has 0 aromatic heterocycles. The summed E-state index contributed by atoms with van der Waals surface area (Å²) in [5, 5.41) is 0. The summed E-state index contributed by atoms with van der Waals surface area (Å²) in [4.78, 5) is 24.4. The van der Waals surface area contributed by atoms with Crippen molar-refractivity contribution in [1.29, 1.82) is 0 Å². The highest BCUT2D eigenvalue weighted by molar-refractivity contribution is 5.99. The molecule has 0 saturated heterocycles. The van der Waals surface area contributed by atoms with Gasteiger partial charge in [-0.2, -0.15) is 0 Å². The average molecular weight is 322 g/mol. The van der Waals surface area contributed by atoms with Gasteiger partial charge in [-0.1, -0.05) is 18.2 Å². The van der Waals surface area contributed by atoms with E-state index >= 15 is 0 Å². The molecule has 124 valence electrons. The molecule has 3 nitrogen and oxygen atoms in total. The molecule has 0 aliphatic heterocycles. The molecule has 0 spiro atoms. The van der Waals surface area contributed by atoms with E-state index in [-0.39, 0.29) is 12.4 Å². The number of fused-ring (bicyclic) bond motifs is 1. The molecule has 24 heavy (non-hydrogen) atoms. The van der Waals surface area contributed by atoms with Crippen LogP contribution < -0.4 is 0 Å². The number of carbonyl (C=O) groups excluding carboxylic acids is 2. The Kier molecular flexibility index (Phi) is 4.79. The summed E-state index contributed by atoms with van der Waals surface area (Å²) in [6.07, 6.45) is 4.50. The van der Waals surface area contributed by atoms with E-state index in [2.05, 4.69) is 0 Å².